The Morgan fingerprint density at radius 2 is 1.83 bits per heavy atom. The second kappa shape index (κ2) is 10.0. The van der Waals surface area contributed by atoms with Crippen molar-refractivity contribution in [1.29, 1.82) is 0 Å². The van der Waals surface area contributed by atoms with Gasteiger partial charge in [0.05, 0.1) is 29.3 Å². The fourth-order valence-corrected chi connectivity index (χ4v) is 6.84. The van der Waals surface area contributed by atoms with Crippen molar-refractivity contribution in [2.75, 3.05) is 12.3 Å². The number of hydrogen-bond donors (Lipinski definition) is 2. The molecule has 1 fully saturated rings. The zero-order valence-electron chi connectivity index (χ0n) is 19.3. The summed E-state index contributed by atoms with van der Waals surface area (Å²) in [7, 11) is -3.42. The number of nitrogens with zero attached hydrogens (tertiary/aromatic N) is 4. The Balaban J connectivity index is 1.40. The van der Waals surface area contributed by atoms with E-state index in [1.165, 1.54) is 6.07 Å². The first-order valence-corrected chi connectivity index (χ1v) is 14.0. The lowest BCUT2D eigenvalue weighted by Gasteiger charge is -2.30. The maximum atomic E-state index is 13.4. The number of halogens is 2. The first-order chi connectivity index (χ1) is 17.3. The van der Waals surface area contributed by atoms with Gasteiger partial charge in [0.25, 0.3) is 0 Å². The van der Waals surface area contributed by atoms with E-state index in [1.54, 1.807) is 29.2 Å². The number of amides is 2. The molecular weight excluding hydrogens is 525 g/mol. The van der Waals surface area contributed by atoms with Gasteiger partial charge in [0.2, 0.25) is 0 Å². The Morgan fingerprint density at radius 3 is 2.58 bits per heavy atom. The van der Waals surface area contributed by atoms with Gasteiger partial charge in [0, 0.05) is 16.6 Å². The van der Waals surface area contributed by atoms with Crippen LogP contribution in [-0.4, -0.2) is 51.5 Å². The van der Waals surface area contributed by atoms with Crippen LogP contribution in [0.15, 0.2) is 47.4 Å². The van der Waals surface area contributed by atoms with Crippen LogP contribution in [-0.2, 0) is 23.0 Å². The van der Waals surface area contributed by atoms with Gasteiger partial charge in [-0.05, 0) is 60.7 Å². The molecule has 0 radical (unpaired) electrons. The molecule has 3 aromatic rings. The molecule has 1 aromatic heterocycles. The van der Waals surface area contributed by atoms with E-state index in [2.05, 4.69) is 15.5 Å². The van der Waals surface area contributed by atoms with Gasteiger partial charge >= 0.3 is 6.03 Å². The average molecular weight is 550 g/mol. The van der Waals surface area contributed by atoms with Crippen LogP contribution >= 0.6 is 23.2 Å². The maximum Gasteiger partial charge on any atom is 0.318 e. The molecule has 1 saturated heterocycles. The van der Waals surface area contributed by atoms with Crippen LogP contribution in [0.2, 0.25) is 10.0 Å². The number of urea groups is 1. The summed E-state index contributed by atoms with van der Waals surface area (Å²) in [6.45, 7) is 0.660. The number of benzene rings is 2. The summed E-state index contributed by atoms with van der Waals surface area (Å²) in [5, 5.41) is 22.4. The molecule has 12 heteroatoms. The molecule has 2 atom stereocenters. The summed E-state index contributed by atoms with van der Waals surface area (Å²) in [5.41, 5.74) is 1.47. The van der Waals surface area contributed by atoms with Crippen LogP contribution in [0.3, 0.4) is 0 Å². The maximum absolute atomic E-state index is 13.4. The molecule has 0 spiro atoms. The molecule has 2 N–H and O–H groups in total. The smallest absolute Gasteiger partial charge is 0.318 e. The van der Waals surface area contributed by atoms with Gasteiger partial charge in [-0.15, -0.1) is 10.2 Å². The largest absolute Gasteiger partial charge is 0.388 e. The van der Waals surface area contributed by atoms with Crippen molar-refractivity contribution in [1.82, 2.24) is 25.0 Å². The number of sulfone groups is 1. The van der Waals surface area contributed by atoms with Crippen LogP contribution in [0.5, 0.6) is 0 Å². The van der Waals surface area contributed by atoms with E-state index in [9.17, 15) is 18.3 Å². The van der Waals surface area contributed by atoms with Gasteiger partial charge in [-0.2, -0.15) is 0 Å². The fraction of sp³-hybridized carbons (Fsp3) is 0.375. The molecule has 0 saturated carbocycles. The van der Waals surface area contributed by atoms with E-state index in [1.807, 2.05) is 16.7 Å². The lowest BCUT2D eigenvalue weighted by Crippen LogP contribution is -2.43. The molecule has 3 heterocycles. The minimum absolute atomic E-state index is 0.0503. The predicted octanol–water partition coefficient (Wildman–Crippen LogP) is 3.89. The molecule has 0 bridgehead atoms. The molecule has 2 aromatic carbocycles. The zero-order valence-corrected chi connectivity index (χ0v) is 21.6. The van der Waals surface area contributed by atoms with Gasteiger partial charge in [-0.1, -0.05) is 35.3 Å². The number of carbonyl (C=O) groups is 1. The van der Waals surface area contributed by atoms with Crippen molar-refractivity contribution < 1.29 is 18.3 Å². The van der Waals surface area contributed by atoms with Crippen molar-refractivity contribution in [3.63, 3.8) is 0 Å². The molecule has 2 aliphatic rings. The summed E-state index contributed by atoms with van der Waals surface area (Å²) >= 11 is 12.2. The van der Waals surface area contributed by atoms with Crippen LogP contribution < -0.4 is 5.32 Å². The first-order valence-electron chi connectivity index (χ1n) is 11.6. The molecule has 36 heavy (non-hydrogen) atoms. The Kier molecular flexibility index (Phi) is 6.95. The monoisotopic (exact) mass is 549 g/mol. The van der Waals surface area contributed by atoms with Crippen molar-refractivity contribution >= 4 is 39.1 Å². The van der Waals surface area contributed by atoms with Crippen molar-refractivity contribution in [2.24, 2.45) is 0 Å². The normalized spacial score (nSPS) is 20.8. The highest BCUT2D eigenvalue weighted by Gasteiger charge is 2.37. The van der Waals surface area contributed by atoms with E-state index in [4.69, 9.17) is 23.2 Å². The predicted molar refractivity (Wildman–Crippen MR) is 135 cm³/mol. The molecule has 190 valence electrons. The number of hydrogen-bond acceptors (Lipinski definition) is 6. The van der Waals surface area contributed by atoms with Gasteiger partial charge in [-0.25, -0.2) is 13.2 Å². The Labute approximate surface area is 219 Å². The van der Waals surface area contributed by atoms with Gasteiger partial charge < -0.3 is 19.9 Å². The SMILES string of the molecule is O=C(N[C@H]1CCS(=O)(=O)c2ccc(Cl)cc21)N1CCC[C@@H]1c1nnc(CO)n1Cc1ccc(Cl)cc1. The van der Waals surface area contributed by atoms with E-state index < -0.39 is 15.9 Å². The lowest BCUT2D eigenvalue weighted by atomic mass is 10.0. The quantitative estimate of drug-likeness (QED) is 0.498. The molecule has 5 rings (SSSR count). The Morgan fingerprint density at radius 1 is 1.08 bits per heavy atom. The number of rotatable bonds is 5. The number of carbonyl (C=O) groups excluding carboxylic acids is 1. The fourth-order valence-electron chi connectivity index (χ4n) is 4.93. The van der Waals surface area contributed by atoms with Crippen molar-refractivity contribution in [3.05, 3.63) is 75.3 Å². The van der Waals surface area contributed by atoms with Gasteiger partial charge in [-0.3, -0.25) is 0 Å². The van der Waals surface area contributed by atoms with Crippen molar-refractivity contribution in [2.45, 2.75) is 49.4 Å². The standard InChI is InChI=1S/C24H25Cl2N5O4S/c25-16-5-3-15(4-6-16)13-31-22(14-32)28-29-23(31)20-2-1-10-30(20)24(33)27-19-9-11-36(34,35)21-8-7-17(26)12-18(19)21/h3-8,12,19-20,32H,1-2,9-11,13-14H2,(H,27,33)/t19-,20+/m0/s1. The molecular formula is C24H25Cl2N5O4S. The lowest BCUT2D eigenvalue weighted by molar-refractivity contribution is 0.185. The second-order valence-corrected chi connectivity index (χ2v) is 11.9. The summed E-state index contributed by atoms with van der Waals surface area (Å²) < 4.78 is 26.9. The highest BCUT2D eigenvalue weighted by molar-refractivity contribution is 7.91. The van der Waals surface area contributed by atoms with E-state index in [0.29, 0.717) is 46.8 Å². The summed E-state index contributed by atoms with van der Waals surface area (Å²) in [5.74, 6) is 0.954. The number of fused-ring (bicyclic) bond motifs is 1. The number of nitrogens with one attached hydrogen (secondary N) is 1. The minimum atomic E-state index is -3.42. The van der Waals surface area contributed by atoms with E-state index >= 15 is 0 Å². The highest BCUT2D eigenvalue weighted by Crippen LogP contribution is 2.36. The van der Waals surface area contributed by atoms with Gasteiger partial charge in [0.1, 0.15) is 6.61 Å². The Bertz CT molecular complexity index is 1390. The van der Waals surface area contributed by atoms with E-state index in [0.717, 1.165) is 12.0 Å². The number of aromatic nitrogens is 3. The topological polar surface area (TPSA) is 117 Å². The highest BCUT2D eigenvalue weighted by atomic mass is 35.5. The molecule has 0 unspecified atom stereocenters. The Hall–Kier alpha value is -2.66. The third-order valence-corrected chi connectivity index (χ3v) is 9.02. The van der Waals surface area contributed by atoms with E-state index in [-0.39, 0.29) is 35.7 Å². The third-order valence-electron chi connectivity index (χ3n) is 6.72. The zero-order chi connectivity index (χ0) is 25.4. The molecule has 2 amide bonds. The van der Waals surface area contributed by atoms with Crippen LogP contribution in [0.4, 0.5) is 4.79 Å². The second-order valence-electron chi connectivity index (χ2n) is 8.99. The molecule has 0 aliphatic carbocycles. The van der Waals surface area contributed by atoms with Crippen LogP contribution in [0.1, 0.15) is 54.1 Å². The molecule has 9 nitrogen and oxygen atoms in total. The van der Waals surface area contributed by atoms with Crippen LogP contribution in [0, 0.1) is 0 Å². The minimum Gasteiger partial charge on any atom is -0.388 e. The summed E-state index contributed by atoms with van der Waals surface area (Å²) in [6.07, 6.45) is 1.74. The molecule has 2 aliphatic heterocycles. The number of likely N-dealkylation sites (tertiary alicyclic amines) is 1. The van der Waals surface area contributed by atoms with Gasteiger partial charge in [0.15, 0.2) is 21.5 Å². The first kappa shape index (κ1) is 25.0. The number of aliphatic hydroxyl groups excluding tert-OH is 1. The average Bonchev–Trinajstić information content (AvgIpc) is 3.49. The summed E-state index contributed by atoms with van der Waals surface area (Å²) in [4.78, 5) is 15.4. The van der Waals surface area contributed by atoms with Crippen LogP contribution in [0.25, 0.3) is 0 Å². The number of aliphatic hydroxyl groups is 1. The van der Waals surface area contributed by atoms with Crippen molar-refractivity contribution in [3.8, 4) is 0 Å². The summed E-state index contributed by atoms with van der Waals surface area (Å²) in [6, 6.07) is 10.9. The third kappa shape index (κ3) is 4.82.